The number of likely N-dealkylation sites (tertiary alicyclic amines) is 1. The van der Waals surface area contributed by atoms with Crippen LogP contribution in [0, 0.1) is 0 Å². The molecule has 0 aliphatic carbocycles. The minimum absolute atomic E-state index is 0.0208. The first-order valence-electron chi connectivity index (χ1n) is 7.96. The van der Waals surface area contributed by atoms with E-state index in [2.05, 4.69) is 0 Å². The van der Waals surface area contributed by atoms with Crippen molar-refractivity contribution in [3.05, 3.63) is 35.9 Å². The fourth-order valence-electron chi connectivity index (χ4n) is 2.67. The average molecular weight is 386 g/mol. The summed E-state index contributed by atoms with van der Waals surface area (Å²) in [4.78, 5) is 24.5. The van der Waals surface area contributed by atoms with Gasteiger partial charge in [-0.15, -0.1) is 0 Å². The smallest absolute Gasteiger partial charge is 0.410 e. The maximum atomic E-state index is 12.4. The predicted molar refractivity (Wildman–Crippen MR) is 91.5 cm³/mol. The molecule has 10 heteroatoms. The van der Waals surface area contributed by atoms with Gasteiger partial charge >= 0.3 is 6.09 Å². The van der Waals surface area contributed by atoms with Crippen LogP contribution in [0.2, 0.25) is 0 Å². The molecule has 0 spiro atoms. The second kappa shape index (κ2) is 8.97. The summed E-state index contributed by atoms with van der Waals surface area (Å²) in [5.41, 5.74) is 5.85. The molecule has 1 aromatic carbocycles. The standard InChI is InChI=1S/C16H22N2O7S/c1-26(21,22)25-14-7-13(10-23-11-15(17)19)18(8-14)16(20)24-9-12-5-3-2-4-6-12/h2-6,13-14H,7-11H2,1H3,(H2,17,19). The molecule has 0 saturated carbocycles. The van der Waals surface area contributed by atoms with Crippen molar-refractivity contribution in [1.82, 2.24) is 4.90 Å². The third kappa shape index (κ3) is 6.62. The lowest BCUT2D eigenvalue weighted by atomic mass is 10.2. The third-order valence-corrected chi connectivity index (χ3v) is 4.30. The van der Waals surface area contributed by atoms with Crippen LogP contribution in [0.4, 0.5) is 4.79 Å². The maximum Gasteiger partial charge on any atom is 0.410 e. The largest absolute Gasteiger partial charge is 0.445 e. The summed E-state index contributed by atoms with van der Waals surface area (Å²) in [7, 11) is -3.66. The normalized spacial score (nSPS) is 20.1. The van der Waals surface area contributed by atoms with E-state index in [1.807, 2.05) is 30.3 Å². The number of benzene rings is 1. The minimum atomic E-state index is -3.66. The van der Waals surface area contributed by atoms with Gasteiger partial charge in [-0.3, -0.25) is 8.98 Å². The number of hydrogen-bond donors (Lipinski definition) is 1. The summed E-state index contributed by atoms with van der Waals surface area (Å²) in [5, 5.41) is 0. The number of nitrogens with zero attached hydrogens (tertiary/aromatic N) is 1. The third-order valence-electron chi connectivity index (χ3n) is 3.68. The molecule has 26 heavy (non-hydrogen) atoms. The lowest BCUT2D eigenvalue weighted by molar-refractivity contribution is -0.122. The van der Waals surface area contributed by atoms with Gasteiger partial charge < -0.3 is 20.1 Å². The van der Waals surface area contributed by atoms with Gasteiger partial charge in [-0.2, -0.15) is 8.42 Å². The Labute approximate surface area is 152 Å². The molecule has 1 saturated heterocycles. The highest BCUT2D eigenvalue weighted by Crippen LogP contribution is 2.23. The van der Waals surface area contributed by atoms with Crippen LogP contribution in [0.25, 0.3) is 0 Å². The van der Waals surface area contributed by atoms with Crippen LogP contribution in [0.5, 0.6) is 0 Å². The van der Waals surface area contributed by atoms with Gasteiger partial charge in [0.05, 0.1) is 31.6 Å². The fourth-order valence-corrected chi connectivity index (χ4v) is 3.30. The van der Waals surface area contributed by atoms with Crippen LogP contribution >= 0.6 is 0 Å². The Balaban J connectivity index is 1.97. The van der Waals surface area contributed by atoms with Gasteiger partial charge in [-0.05, 0) is 12.0 Å². The Morgan fingerprint density at radius 3 is 2.58 bits per heavy atom. The van der Waals surface area contributed by atoms with Crippen LogP contribution in [0.3, 0.4) is 0 Å². The van der Waals surface area contributed by atoms with E-state index in [0.717, 1.165) is 11.8 Å². The highest BCUT2D eigenvalue weighted by molar-refractivity contribution is 7.86. The predicted octanol–water partition coefficient (Wildman–Crippen LogP) is 0.244. The molecule has 2 unspecified atom stereocenters. The van der Waals surface area contributed by atoms with Crippen molar-refractivity contribution in [2.24, 2.45) is 5.73 Å². The van der Waals surface area contributed by atoms with E-state index in [0.29, 0.717) is 0 Å². The molecule has 9 nitrogen and oxygen atoms in total. The number of carbonyl (C=O) groups excluding carboxylic acids is 2. The number of amides is 2. The SMILES string of the molecule is CS(=O)(=O)OC1CC(COCC(N)=O)N(C(=O)OCc2ccccc2)C1. The summed E-state index contributed by atoms with van der Waals surface area (Å²) < 4.78 is 38.1. The lowest BCUT2D eigenvalue weighted by Crippen LogP contribution is -2.39. The van der Waals surface area contributed by atoms with Crippen molar-refractivity contribution >= 4 is 22.1 Å². The second-order valence-corrected chi connectivity index (χ2v) is 7.59. The van der Waals surface area contributed by atoms with Crippen LogP contribution in [-0.4, -0.2) is 63.5 Å². The topological polar surface area (TPSA) is 125 Å². The maximum absolute atomic E-state index is 12.4. The van der Waals surface area contributed by atoms with Crippen molar-refractivity contribution in [3.8, 4) is 0 Å². The first kappa shape index (κ1) is 20.1. The van der Waals surface area contributed by atoms with E-state index in [1.165, 1.54) is 4.90 Å². The zero-order valence-electron chi connectivity index (χ0n) is 14.4. The van der Waals surface area contributed by atoms with E-state index in [-0.39, 0.29) is 32.8 Å². The number of rotatable bonds is 8. The molecule has 2 rings (SSSR count). The Bertz CT molecular complexity index is 723. The Morgan fingerprint density at radius 1 is 1.27 bits per heavy atom. The molecule has 1 aliphatic heterocycles. The molecule has 144 valence electrons. The Hall–Kier alpha value is -2.17. The average Bonchev–Trinajstić information content (AvgIpc) is 2.94. The summed E-state index contributed by atoms with van der Waals surface area (Å²) in [5.74, 6) is -0.634. The van der Waals surface area contributed by atoms with E-state index < -0.39 is 34.3 Å². The van der Waals surface area contributed by atoms with Gasteiger partial charge in [0.25, 0.3) is 10.1 Å². The van der Waals surface area contributed by atoms with E-state index in [9.17, 15) is 18.0 Å². The zero-order chi connectivity index (χ0) is 19.2. The first-order valence-corrected chi connectivity index (χ1v) is 9.78. The number of hydrogen-bond acceptors (Lipinski definition) is 7. The van der Waals surface area contributed by atoms with E-state index >= 15 is 0 Å². The molecule has 1 fully saturated rings. The summed E-state index contributed by atoms with van der Waals surface area (Å²) in [6.45, 7) is -0.137. The number of primary amides is 1. The zero-order valence-corrected chi connectivity index (χ0v) is 15.2. The van der Waals surface area contributed by atoms with Gasteiger partial charge in [0.2, 0.25) is 5.91 Å². The van der Waals surface area contributed by atoms with Crippen molar-refractivity contribution in [2.75, 3.05) is 26.0 Å². The highest BCUT2D eigenvalue weighted by atomic mass is 32.2. The number of ether oxygens (including phenoxy) is 2. The van der Waals surface area contributed by atoms with Crippen molar-refractivity contribution in [2.45, 2.75) is 25.2 Å². The van der Waals surface area contributed by atoms with Crippen LogP contribution in [-0.2, 0) is 35.2 Å². The van der Waals surface area contributed by atoms with E-state index in [1.54, 1.807) is 0 Å². The molecule has 0 bridgehead atoms. The number of carbonyl (C=O) groups is 2. The van der Waals surface area contributed by atoms with Crippen LogP contribution in [0.15, 0.2) is 30.3 Å². The van der Waals surface area contributed by atoms with Gasteiger partial charge in [0, 0.05) is 0 Å². The van der Waals surface area contributed by atoms with Gasteiger partial charge in [0.1, 0.15) is 13.2 Å². The van der Waals surface area contributed by atoms with Crippen LogP contribution in [0.1, 0.15) is 12.0 Å². The van der Waals surface area contributed by atoms with Crippen molar-refractivity contribution in [1.29, 1.82) is 0 Å². The molecular formula is C16H22N2O7S. The molecular weight excluding hydrogens is 364 g/mol. The Kier molecular flexibility index (Phi) is 6.95. The quantitative estimate of drug-likeness (QED) is 0.635. The first-order chi connectivity index (χ1) is 12.2. The summed E-state index contributed by atoms with van der Waals surface area (Å²) >= 11 is 0. The highest BCUT2D eigenvalue weighted by Gasteiger charge is 2.38. The van der Waals surface area contributed by atoms with Gasteiger partial charge in [-0.1, -0.05) is 30.3 Å². The van der Waals surface area contributed by atoms with E-state index in [4.69, 9.17) is 19.4 Å². The van der Waals surface area contributed by atoms with Gasteiger partial charge in [0.15, 0.2) is 0 Å². The molecule has 2 amide bonds. The molecule has 1 heterocycles. The molecule has 2 N–H and O–H groups in total. The molecule has 2 atom stereocenters. The van der Waals surface area contributed by atoms with Crippen molar-refractivity contribution < 1.29 is 31.7 Å². The molecule has 1 aromatic rings. The monoisotopic (exact) mass is 386 g/mol. The fraction of sp³-hybridized carbons (Fsp3) is 0.500. The molecule has 0 radical (unpaired) electrons. The van der Waals surface area contributed by atoms with Gasteiger partial charge in [-0.25, -0.2) is 4.79 Å². The lowest BCUT2D eigenvalue weighted by Gasteiger charge is -2.23. The summed E-state index contributed by atoms with van der Waals surface area (Å²) in [6, 6.07) is 8.67. The van der Waals surface area contributed by atoms with Crippen molar-refractivity contribution in [3.63, 3.8) is 0 Å². The summed E-state index contributed by atoms with van der Waals surface area (Å²) in [6.07, 6.45) is -0.119. The Morgan fingerprint density at radius 2 is 1.96 bits per heavy atom. The van der Waals surface area contributed by atoms with Crippen LogP contribution < -0.4 is 5.73 Å². The minimum Gasteiger partial charge on any atom is -0.445 e. The molecule has 0 aromatic heterocycles. The second-order valence-electron chi connectivity index (χ2n) is 5.99. The number of nitrogens with two attached hydrogens (primary N) is 1. The molecule has 1 aliphatic rings.